The molecule has 114 valence electrons. The first-order valence-electron chi connectivity index (χ1n) is 7.52. The third-order valence-electron chi connectivity index (χ3n) is 4.49. The van der Waals surface area contributed by atoms with E-state index < -0.39 is 17.7 Å². The minimum atomic E-state index is -0.713. The molecule has 20 heavy (non-hydrogen) atoms. The van der Waals surface area contributed by atoms with E-state index in [0.717, 1.165) is 19.3 Å². The van der Waals surface area contributed by atoms with Crippen LogP contribution < -0.4 is 5.32 Å². The van der Waals surface area contributed by atoms with Crippen molar-refractivity contribution in [3.63, 3.8) is 0 Å². The van der Waals surface area contributed by atoms with Gasteiger partial charge in [0.1, 0.15) is 6.10 Å². The highest BCUT2D eigenvalue weighted by Crippen LogP contribution is 2.31. The number of hydrogen-bond donors (Lipinski definition) is 3. The summed E-state index contributed by atoms with van der Waals surface area (Å²) in [5.74, 6) is -0.159. The molecule has 0 bridgehead atoms. The lowest BCUT2D eigenvalue weighted by atomic mass is 9.77. The molecule has 2 rings (SSSR count). The molecular formula is C15H25NO4. The molecule has 1 heterocycles. The predicted octanol–water partition coefficient (Wildman–Crippen LogP) is 0.750. The highest BCUT2D eigenvalue weighted by molar-refractivity contribution is 5.82. The van der Waals surface area contributed by atoms with Crippen molar-refractivity contribution in [2.24, 2.45) is 5.92 Å². The minimum absolute atomic E-state index is 0.0713. The second kappa shape index (κ2) is 6.70. The van der Waals surface area contributed by atoms with Crippen molar-refractivity contribution >= 4 is 5.91 Å². The number of carbonyl (C=O) groups is 1. The van der Waals surface area contributed by atoms with Gasteiger partial charge >= 0.3 is 0 Å². The Bertz CT molecular complexity index is 371. The maximum absolute atomic E-state index is 12.1. The first kappa shape index (κ1) is 15.5. The molecule has 1 amide bonds. The summed E-state index contributed by atoms with van der Waals surface area (Å²) in [4.78, 5) is 12.1. The number of morpholine rings is 1. The maximum Gasteiger partial charge on any atom is 0.249 e. The third-order valence-corrected chi connectivity index (χ3v) is 4.49. The number of nitrogens with one attached hydrogen (secondary N) is 1. The lowest BCUT2D eigenvalue weighted by molar-refractivity contribution is -0.156. The van der Waals surface area contributed by atoms with E-state index in [1.807, 2.05) is 6.92 Å². The zero-order valence-corrected chi connectivity index (χ0v) is 12.0. The van der Waals surface area contributed by atoms with Crippen LogP contribution in [0.4, 0.5) is 0 Å². The zero-order valence-electron chi connectivity index (χ0n) is 12.0. The largest absolute Gasteiger partial charge is 0.396 e. The lowest BCUT2D eigenvalue weighted by Crippen LogP contribution is -2.67. The van der Waals surface area contributed by atoms with Gasteiger partial charge < -0.3 is 20.3 Å². The van der Waals surface area contributed by atoms with Crippen LogP contribution in [0.15, 0.2) is 12.2 Å². The Kier molecular flexibility index (Phi) is 5.18. The minimum Gasteiger partial charge on any atom is -0.396 e. The van der Waals surface area contributed by atoms with Gasteiger partial charge in [-0.3, -0.25) is 4.79 Å². The van der Waals surface area contributed by atoms with E-state index in [0.29, 0.717) is 19.4 Å². The fourth-order valence-electron chi connectivity index (χ4n) is 3.09. The van der Waals surface area contributed by atoms with E-state index in [9.17, 15) is 9.90 Å². The summed E-state index contributed by atoms with van der Waals surface area (Å²) in [6, 6.07) is 0. The van der Waals surface area contributed by atoms with Crippen molar-refractivity contribution in [1.82, 2.24) is 5.32 Å². The monoisotopic (exact) mass is 283 g/mol. The maximum atomic E-state index is 12.1. The number of aliphatic hydroxyl groups is 2. The summed E-state index contributed by atoms with van der Waals surface area (Å²) in [5.41, 5.74) is -0.713. The number of allylic oxidation sites excluding steroid dienone is 1. The number of amides is 1. The van der Waals surface area contributed by atoms with Crippen molar-refractivity contribution < 1.29 is 19.7 Å². The van der Waals surface area contributed by atoms with Crippen molar-refractivity contribution in [1.29, 1.82) is 0 Å². The highest BCUT2D eigenvalue weighted by atomic mass is 16.5. The third kappa shape index (κ3) is 3.05. The summed E-state index contributed by atoms with van der Waals surface area (Å²) in [6.45, 7) is 2.17. The zero-order chi connectivity index (χ0) is 14.6. The summed E-state index contributed by atoms with van der Waals surface area (Å²) in [5, 5.41) is 22.6. The van der Waals surface area contributed by atoms with E-state index in [1.54, 1.807) is 0 Å². The molecule has 0 saturated carbocycles. The van der Waals surface area contributed by atoms with E-state index in [-0.39, 0.29) is 18.4 Å². The quantitative estimate of drug-likeness (QED) is 0.651. The van der Waals surface area contributed by atoms with Crippen LogP contribution in [0.5, 0.6) is 0 Å². The van der Waals surface area contributed by atoms with Gasteiger partial charge in [-0.2, -0.15) is 0 Å². The highest BCUT2D eigenvalue weighted by Gasteiger charge is 2.46. The molecule has 1 aliphatic carbocycles. The molecule has 0 aromatic carbocycles. The van der Waals surface area contributed by atoms with E-state index in [1.165, 1.54) is 0 Å². The molecule has 0 unspecified atom stereocenters. The van der Waals surface area contributed by atoms with Crippen LogP contribution in [0.25, 0.3) is 0 Å². The topological polar surface area (TPSA) is 78.8 Å². The Morgan fingerprint density at radius 1 is 1.60 bits per heavy atom. The average molecular weight is 283 g/mol. The van der Waals surface area contributed by atoms with Gasteiger partial charge in [0.15, 0.2) is 0 Å². The van der Waals surface area contributed by atoms with Gasteiger partial charge in [-0.05, 0) is 25.7 Å². The van der Waals surface area contributed by atoms with Gasteiger partial charge in [-0.15, -0.1) is 0 Å². The first-order chi connectivity index (χ1) is 9.63. The van der Waals surface area contributed by atoms with Gasteiger partial charge in [0, 0.05) is 18.9 Å². The Balaban J connectivity index is 2.08. The van der Waals surface area contributed by atoms with Gasteiger partial charge in [0.05, 0.1) is 18.2 Å². The summed E-state index contributed by atoms with van der Waals surface area (Å²) in [6.07, 6.45) is 6.90. The van der Waals surface area contributed by atoms with E-state index in [2.05, 4.69) is 17.5 Å². The second-order valence-corrected chi connectivity index (χ2v) is 5.78. The van der Waals surface area contributed by atoms with Gasteiger partial charge in [0.25, 0.3) is 0 Å². The molecule has 1 fully saturated rings. The summed E-state index contributed by atoms with van der Waals surface area (Å²) < 4.78 is 5.59. The Labute approximate surface area is 120 Å². The van der Waals surface area contributed by atoms with Crippen molar-refractivity contribution in [2.45, 2.75) is 56.8 Å². The van der Waals surface area contributed by atoms with E-state index >= 15 is 0 Å². The number of hydrogen-bond acceptors (Lipinski definition) is 4. The summed E-state index contributed by atoms with van der Waals surface area (Å²) in [7, 11) is 0. The molecule has 2 aliphatic rings. The Morgan fingerprint density at radius 2 is 2.40 bits per heavy atom. The number of ether oxygens (including phenoxy) is 1. The smallest absolute Gasteiger partial charge is 0.249 e. The van der Waals surface area contributed by atoms with Crippen LogP contribution >= 0.6 is 0 Å². The number of carbonyl (C=O) groups excluding carboxylic acids is 1. The van der Waals surface area contributed by atoms with Crippen LogP contribution in [0, 0.1) is 5.92 Å². The Morgan fingerprint density at radius 3 is 2.95 bits per heavy atom. The fourth-order valence-corrected chi connectivity index (χ4v) is 3.09. The predicted molar refractivity (Wildman–Crippen MR) is 75.1 cm³/mol. The molecule has 0 spiro atoms. The lowest BCUT2D eigenvalue weighted by Gasteiger charge is -2.45. The van der Waals surface area contributed by atoms with Crippen molar-refractivity contribution in [2.75, 3.05) is 13.2 Å². The molecule has 0 radical (unpaired) electrons. The van der Waals surface area contributed by atoms with Crippen LogP contribution in [0.3, 0.4) is 0 Å². The van der Waals surface area contributed by atoms with Crippen LogP contribution in [-0.2, 0) is 9.53 Å². The Hall–Kier alpha value is -0.910. The van der Waals surface area contributed by atoms with Gasteiger partial charge in [0.2, 0.25) is 5.91 Å². The molecular weight excluding hydrogens is 258 g/mol. The summed E-state index contributed by atoms with van der Waals surface area (Å²) >= 11 is 0. The molecule has 5 nitrogen and oxygen atoms in total. The molecule has 1 saturated heterocycles. The van der Waals surface area contributed by atoms with Crippen molar-refractivity contribution in [3.8, 4) is 0 Å². The first-order valence-corrected chi connectivity index (χ1v) is 7.52. The standard InChI is InChI=1S/C15H25NO4/c1-2-15(13(18)11-6-4-3-5-7-11)10-20-12(8-9-17)14(19)16-15/h4,6,11-13,17-18H,2-3,5,7-10H2,1H3,(H,16,19)/t11-,12+,13+,15-/m1/s1. The molecule has 1 aliphatic heterocycles. The molecule has 4 atom stereocenters. The van der Waals surface area contributed by atoms with Crippen LogP contribution in [0.1, 0.15) is 39.0 Å². The van der Waals surface area contributed by atoms with E-state index in [4.69, 9.17) is 9.84 Å². The average Bonchev–Trinajstić information content (AvgIpc) is 2.49. The van der Waals surface area contributed by atoms with Gasteiger partial charge in [-0.1, -0.05) is 19.1 Å². The van der Waals surface area contributed by atoms with Gasteiger partial charge in [-0.25, -0.2) is 0 Å². The molecule has 5 heteroatoms. The number of aliphatic hydroxyl groups excluding tert-OH is 2. The molecule has 3 N–H and O–H groups in total. The van der Waals surface area contributed by atoms with Crippen molar-refractivity contribution in [3.05, 3.63) is 12.2 Å². The SMILES string of the molecule is CC[C@]1([C@@H](O)[C@@H]2C=CCCC2)CO[C@@H](CCO)C(=O)N1. The molecule has 0 aromatic heterocycles. The fraction of sp³-hybridized carbons (Fsp3) is 0.800. The second-order valence-electron chi connectivity index (χ2n) is 5.78. The molecule has 0 aromatic rings. The normalized spacial score (nSPS) is 35.6. The number of rotatable bonds is 5. The van der Waals surface area contributed by atoms with Crippen LogP contribution in [0.2, 0.25) is 0 Å². The van der Waals surface area contributed by atoms with Crippen LogP contribution in [-0.4, -0.2) is 47.1 Å².